The van der Waals surface area contributed by atoms with E-state index >= 15 is 0 Å². The monoisotopic (exact) mass is 345 g/mol. The molecule has 4 nitrogen and oxygen atoms in total. The van der Waals surface area contributed by atoms with Crippen LogP contribution >= 0.6 is 27.5 Å². The third kappa shape index (κ3) is 3.33. The van der Waals surface area contributed by atoms with Gasteiger partial charge in [-0.25, -0.2) is 9.37 Å². The van der Waals surface area contributed by atoms with Gasteiger partial charge in [-0.05, 0) is 28.9 Å². The van der Waals surface area contributed by atoms with Gasteiger partial charge in [0.25, 0.3) is 0 Å². The van der Waals surface area contributed by atoms with Crippen molar-refractivity contribution in [1.29, 1.82) is 0 Å². The molecule has 19 heavy (non-hydrogen) atoms. The molecule has 1 aromatic carbocycles. The smallest absolute Gasteiger partial charge is 0.224 e. The standard InChI is InChI=1S/C12H10BrClFN3O/c1-6-17-11(16-2)5-12(18-6)19-10-4-9(15)8(14)3-7(10)13/h3-5H,1-2H3,(H,16,17,18). The van der Waals surface area contributed by atoms with Gasteiger partial charge in [0.1, 0.15) is 23.2 Å². The van der Waals surface area contributed by atoms with Crippen LogP contribution in [0.4, 0.5) is 10.2 Å². The van der Waals surface area contributed by atoms with Crippen LogP contribution in [-0.4, -0.2) is 17.0 Å². The summed E-state index contributed by atoms with van der Waals surface area (Å²) in [4.78, 5) is 8.26. The lowest BCUT2D eigenvalue weighted by molar-refractivity contribution is 0.453. The molecule has 2 rings (SSSR count). The van der Waals surface area contributed by atoms with E-state index in [1.54, 1.807) is 20.0 Å². The molecule has 0 spiro atoms. The van der Waals surface area contributed by atoms with Gasteiger partial charge in [0, 0.05) is 19.2 Å². The Kier molecular flexibility index (Phi) is 4.21. The summed E-state index contributed by atoms with van der Waals surface area (Å²) < 4.78 is 19.5. The number of benzene rings is 1. The Balaban J connectivity index is 2.36. The third-order valence-corrected chi connectivity index (χ3v) is 3.17. The van der Waals surface area contributed by atoms with Crippen LogP contribution < -0.4 is 10.1 Å². The number of hydrogen-bond donors (Lipinski definition) is 1. The van der Waals surface area contributed by atoms with Crippen LogP contribution in [0.1, 0.15) is 5.82 Å². The highest BCUT2D eigenvalue weighted by atomic mass is 79.9. The Bertz CT molecular complexity index is 624. The summed E-state index contributed by atoms with van der Waals surface area (Å²) in [5, 5.41) is 2.91. The second-order valence-corrected chi connectivity index (χ2v) is 4.95. The van der Waals surface area contributed by atoms with Gasteiger partial charge in [0.05, 0.1) is 9.50 Å². The lowest BCUT2D eigenvalue weighted by Crippen LogP contribution is -1.99. The lowest BCUT2D eigenvalue weighted by atomic mass is 10.3. The zero-order valence-corrected chi connectivity index (χ0v) is 12.5. The molecule has 1 aromatic heterocycles. The molecule has 0 amide bonds. The van der Waals surface area contributed by atoms with E-state index in [1.165, 1.54) is 12.1 Å². The highest BCUT2D eigenvalue weighted by molar-refractivity contribution is 9.10. The van der Waals surface area contributed by atoms with Crippen molar-refractivity contribution in [3.05, 3.63) is 39.3 Å². The molecule has 0 unspecified atom stereocenters. The molecule has 0 atom stereocenters. The summed E-state index contributed by atoms with van der Waals surface area (Å²) in [6, 6.07) is 4.24. The molecule has 0 aliphatic carbocycles. The molecule has 1 N–H and O–H groups in total. The molecule has 0 saturated heterocycles. The van der Waals surface area contributed by atoms with E-state index in [0.717, 1.165) is 0 Å². The van der Waals surface area contributed by atoms with Crippen molar-refractivity contribution >= 4 is 33.3 Å². The van der Waals surface area contributed by atoms with Gasteiger partial charge in [0.2, 0.25) is 5.88 Å². The number of halogens is 3. The maximum Gasteiger partial charge on any atom is 0.224 e. The normalized spacial score (nSPS) is 10.4. The first-order chi connectivity index (χ1) is 8.99. The van der Waals surface area contributed by atoms with E-state index in [4.69, 9.17) is 16.3 Å². The summed E-state index contributed by atoms with van der Waals surface area (Å²) in [5.74, 6) is 1.22. The van der Waals surface area contributed by atoms with Crippen LogP contribution in [0.2, 0.25) is 5.02 Å². The number of aryl methyl sites for hydroxylation is 1. The number of ether oxygens (including phenoxy) is 1. The molecule has 0 radical (unpaired) electrons. The predicted octanol–water partition coefficient (Wildman–Crippen LogP) is 4.17. The van der Waals surface area contributed by atoms with Crippen LogP contribution in [0, 0.1) is 12.7 Å². The quantitative estimate of drug-likeness (QED) is 0.847. The van der Waals surface area contributed by atoms with Gasteiger partial charge in [-0.3, -0.25) is 0 Å². The Morgan fingerprint density at radius 1 is 1.32 bits per heavy atom. The molecule has 0 aliphatic rings. The molecular formula is C12H10BrClFN3O. The SMILES string of the molecule is CNc1cc(Oc2cc(F)c(Cl)cc2Br)nc(C)n1. The van der Waals surface area contributed by atoms with E-state index in [2.05, 4.69) is 31.2 Å². The van der Waals surface area contributed by atoms with Crippen LogP contribution in [-0.2, 0) is 0 Å². The number of rotatable bonds is 3. The Morgan fingerprint density at radius 3 is 2.74 bits per heavy atom. The van der Waals surface area contributed by atoms with Crippen molar-refractivity contribution in [3.63, 3.8) is 0 Å². The molecule has 0 bridgehead atoms. The average Bonchev–Trinajstić information content (AvgIpc) is 2.35. The molecule has 100 valence electrons. The maximum absolute atomic E-state index is 13.4. The minimum absolute atomic E-state index is 0.0222. The van der Waals surface area contributed by atoms with Crippen molar-refractivity contribution in [2.45, 2.75) is 6.92 Å². The van der Waals surface area contributed by atoms with Crippen LogP contribution in [0.3, 0.4) is 0 Å². The number of nitrogens with zero attached hydrogens (tertiary/aromatic N) is 2. The molecule has 0 saturated carbocycles. The van der Waals surface area contributed by atoms with E-state index in [9.17, 15) is 4.39 Å². The Labute approximate surface area is 123 Å². The largest absolute Gasteiger partial charge is 0.438 e. The van der Waals surface area contributed by atoms with Crippen molar-refractivity contribution in [2.75, 3.05) is 12.4 Å². The second-order valence-electron chi connectivity index (χ2n) is 3.69. The van der Waals surface area contributed by atoms with Gasteiger partial charge >= 0.3 is 0 Å². The first-order valence-corrected chi connectivity index (χ1v) is 6.52. The first kappa shape index (κ1) is 14.0. The zero-order valence-electron chi connectivity index (χ0n) is 10.2. The molecule has 0 fully saturated rings. The number of anilines is 1. The highest BCUT2D eigenvalue weighted by Gasteiger charge is 2.10. The Morgan fingerprint density at radius 2 is 2.05 bits per heavy atom. The second kappa shape index (κ2) is 5.71. The maximum atomic E-state index is 13.4. The minimum atomic E-state index is -0.556. The third-order valence-electron chi connectivity index (χ3n) is 2.26. The first-order valence-electron chi connectivity index (χ1n) is 5.35. The lowest BCUT2D eigenvalue weighted by Gasteiger charge is -2.09. The molecule has 2 aromatic rings. The summed E-state index contributed by atoms with van der Waals surface area (Å²) in [7, 11) is 1.74. The van der Waals surface area contributed by atoms with Crippen molar-refractivity contribution in [2.24, 2.45) is 0 Å². The van der Waals surface area contributed by atoms with Crippen LogP contribution in [0.25, 0.3) is 0 Å². The van der Waals surface area contributed by atoms with E-state index in [0.29, 0.717) is 27.7 Å². The van der Waals surface area contributed by atoms with Crippen LogP contribution in [0.15, 0.2) is 22.7 Å². The van der Waals surface area contributed by atoms with E-state index < -0.39 is 5.82 Å². The van der Waals surface area contributed by atoms with Crippen LogP contribution in [0.5, 0.6) is 11.6 Å². The van der Waals surface area contributed by atoms with Crippen molar-refractivity contribution in [1.82, 2.24) is 9.97 Å². The number of nitrogens with one attached hydrogen (secondary N) is 1. The van der Waals surface area contributed by atoms with Gasteiger partial charge in [-0.1, -0.05) is 11.6 Å². The highest BCUT2D eigenvalue weighted by Crippen LogP contribution is 2.33. The van der Waals surface area contributed by atoms with Gasteiger partial charge in [0.15, 0.2) is 0 Å². The molecule has 0 aliphatic heterocycles. The van der Waals surface area contributed by atoms with E-state index in [1.807, 2.05) is 0 Å². The van der Waals surface area contributed by atoms with Crippen molar-refractivity contribution in [3.8, 4) is 11.6 Å². The van der Waals surface area contributed by atoms with Gasteiger partial charge in [-0.2, -0.15) is 4.98 Å². The molecular weight excluding hydrogens is 337 g/mol. The molecule has 1 heterocycles. The fourth-order valence-corrected chi connectivity index (χ4v) is 2.14. The Hall–Kier alpha value is -1.40. The van der Waals surface area contributed by atoms with E-state index in [-0.39, 0.29) is 5.02 Å². The van der Waals surface area contributed by atoms with Crippen molar-refractivity contribution < 1.29 is 9.13 Å². The summed E-state index contributed by atoms with van der Waals surface area (Å²) in [6.45, 7) is 1.74. The fraction of sp³-hybridized carbons (Fsp3) is 0.167. The zero-order chi connectivity index (χ0) is 14.0. The fourth-order valence-electron chi connectivity index (χ4n) is 1.42. The summed E-state index contributed by atoms with van der Waals surface area (Å²) >= 11 is 8.92. The topological polar surface area (TPSA) is 47.0 Å². The minimum Gasteiger partial charge on any atom is -0.438 e. The number of aromatic nitrogens is 2. The van der Waals surface area contributed by atoms with Gasteiger partial charge in [-0.15, -0.1) is 0 Å². The predicted molar refractivity (Wildman–Crippen MR) is 75.5 cm³/mol. The summed E-state index contributed by atoms with van der Waals surface area (Å²) in [5.41, 5.74) is 0. The van der Waals surface area contributed by atoms with Gasteiger partial charge < -0.3 is 10.1 Å². The summed E-state index contributed by atoms with van der Waals surface area (Å²) in [6.07, 6.45) is 0. The number of hydrogen-bond acceptors (Lipinski definition) is 4. The average molecular weight is 347 g/mol. The molecule has 7 heteroatoms.